The quantitative estimate of drug-likeness (QED) is 0.790. The highest BCUT2D eigenvalue weighted by atomic mass is 16.5. The van der Waals surface area contributed by atoms with Gasteiger partial charge < -0.3 is 9.47 Å². The molecule has 0 fully saturated rings. The van der Waals surface area contributed by atoms with Gasteiger partial charge in [0.25, 0.3) is 0 Å². The molecule has 0 radical (unpaired) electrons. The van der Waals surface area contributed by atoms with Crippen molar-refractivity contribution in [2.24, 2.45) is 0 Å². The van der Waals surface area contributed by atoms with Crippen molar-refractivity contribution in [2.45, 2.75) is 32.1 Å². The van der Waals surface area contributed by atoms with Gasteiger partial charge in [0.2, 0.25) is 0 Å². The van der Waals surface area contributed by atoms with Crippen LogP contribution in [0.2, 0.25) is 0 Å². The van der Waals surface area contributed by atoms with E-state index in [0.717, 1.165) is 11.1 Å². The number of hydrogen-bond acceptors (Lipinski definition) is 6. The highest BCUT2D eigenvalue weighted by Crippen LogP contribution is 2.41. The van der Waals surface area contributed by atoms with Gasteiger partial charge in [0, 0.05) is 0 Å². The van der Waals surface area contributed by atoms with Crippen LogP contribution in [-0.4, -0.2) is 36.1 Å². The molecular weight excluding hydrogens is 296 g/mol. The number of benzene rings is 1. The van der Waals surface area contributed by atoms with Gasteiger partial charge in [-0.2, -0.15) is 0 Å². The molecule has 1 aromatic heterocycles. The van der Waals surface area contributed by atoms with E-state index < -0.39 is 23.8 Å². The molecule has 3 rings (SSSR count). The molecule has 0 N–H and O–H groups in total. The van der Waals surface area contributed by atoms with Crippen molar-refractivity contribution in [1.82, 2.24) is 9.97 Å². The van der Waals surface area contributed by atoms with Crippen molar-refractivity contribution in [2.75, 3.05) is 14.2 Å². The van der Waals surface area contributed by atoms with Crippen LogP contribution in [0.5, 0.6) is 0 Å². The number of esters is 2. The van der Waals surface area contributed by atoms with Crippen LogP contribution in [0.15, 0.2) is 12.1 Å². The molecule has 2 aromatic rings. The summed E-state index contributed by atoms with van der Waals surface area (Å²) >= 11 is 0. The number of carbonyl (C=O) groups is 2. The summed E-state index contributed by atoms with van der Waals surface area (Å²) in [5.74, 6) is -1.99. The molecule has 23 heavy (non-hydrogen) atoms. The molecule has 1 heterocycles. The summed E-state index contributed by atoms with van der Waals surface area (Å²) in [6.07, 6.45) is 0.281. The molecule has 120 valence electrons. The van der Waals surface area contributed by atoms with Crippen molar-refractivity contribution in [3.8, 4) is 0 Å². The van der Waals surface area contributed by atoms with E-state index in [-0.39, 0.29) is 6.42 Å². The first-order valence-corrected chi connectivity index (χ1v) is 7.40. The van der Waals surface area contributed by atoms with E-state index in [2.05, 4.69) is 9.97 Å². The molecule has 1 aliphatic carbocycles. The third-order valence-corrected chi connectivity index (χ3v) is 4.44. The normalized spacial score (nSPS) is 19.5. The maximum Gasteiger partial charge on any atom is 0.314 e. The first kappa shape index (κ1) is 15.4. The van der Waals surface area contributed by atoms with E-state index in [0.29, 0.717) is 22.4 Å². The van der Waals surface area contributed by atoms with Gasteiger partial charge in [-0.3, -0.25) is 9.59 Å². The second-order valence-corrected chi connectivity index (χ2v) is 5.81. The number of rotatable bonds is 2. The summed E-state index contributed by atoms with van der Waals surface area (Å²) in [7, 11) is 2.66. The Morgan fingerprint density at radius 1 is 0.913 bits per heavy atom. The highest BCUT2D eigenvalue weighted by molar-refractivity contribution is 5.87. The second kappa shape index (κ2) is 5.61. The monoisotopic (exact) mass is 314 g/mol. The molecule has 2 atom stereocenters. The van der Waals surface area contributed by atoms with E-state index in [1.165, 1.54) is 14.2 Å². The molecule has 0 saturated carbocycles. The van der Waals surface area contributed by atoms with Crippen molar-refractivity contribution >= 4 is 23.0 Å². The van der Waals surface area contributed by atoms with E-state index in [4.69, 9.17) is 9.47 Å². The minimum atomic E-state index is -0.586. The molecule has 6 nitrogen and oxygen atoms in total. The number of carbonyl (C=O) groups excluding carboxylic acids is 2. The van der Waals surface area contributed by atoms with Crippen LogP contribution in [0.4, 0.5) is 0 Å². The fourth-order valence-electron chi connectivity index (χ4n) is 3.01. The molecule has 6 heteroatoms. The lowest BCUT2D eigenvalue weighted by atomic mass is 10.0. The molecule has 0 spiro atoms. The number of methoxy groups -OCH3 is 2. The zero-order valence-electron chi connectivity index (χ0n) is 13.5. The van der Waals surface area contributed by atoms with Gasteiger partial charge in [-0.25, -0.2) is 9.97 Å². The fourth-order valence-corrected chi connectivity index (χ4v) is 3.01. The molecule has 0 unspecified atom stereocenters. The smallest absolute Gasteiger partial charge is 0.314 e. The number of aryl methyl sites for hydroxylation is 2. The Balaban J connectivity index is 2.22. The minimum Gasteiger partial charge on any atom is -0.469 e. The van der Waals surface area contributed by atoms with Gasteiger partial charge in [0.05, 0.1) is 36.6 Å². The molecule has 0 aliphatic heterocycles. The Morgan fingerprint density at radius 3 is 1.65 bits per heavy atom. The Morgan fingerprint density at radius 2 is 1.30 bits per heavy atom. The van der Waals surface area contributed by atoms with E-state index >= 15 is 0 Å². The van der Waals surface area contributed by atoms with Crippen LogP contribution in [0, 0.1) is 13.8 Å². The lowest BCUT2D eigenvalue weighted by molar-refractivity contribution is -0.144. The minimum absolute atomic E-state index is 0.281. The third kappa shape index (κ3) is 2.44. The van der Waals surface area contributed by atoms with Crippen molar-refractivity contribution in [1.29, 1.82) is 0 Å². The SMILES string of the molecule is COC(=O)[C@H]1C[C@H](C(=O)OC)c2nc3cc(C)c(C)cc3nc21. The highest BCUT2D eigenvalue weighted by Gasteiger charge is 2.43. The van der Waals surface area contributed by atoms with E-state index in [1.807, 2.05) is 26.0 Å². The van der Waals surface area contributed by atoms with Gasteiger partial charge in [0.15, 0.2) is 0 Å². The number of fused-ring (bicyclic) bond motifs is 2. The zero-order valence-corrected chi connectivity index (χ0v) is 13.5. The predicted octanol–water partition coefficient (Wildman–Crippen LogP) is 2.16. The molecule has 1 aliphatic rings. The third-order valence-electron chi connectivity index (χ3n) is 4.44. The summed E-state index contributed by atoms with van der Waals surface area (Å²) in [5, 5.41) is 0. The van der Waals surface area contributed by atoms with Gasteiger partial charge in [0.1, 0.15) is 11.8 Å². The summed E-state index contributed by atoms with van der Waals surface area (Å²) in [6.45, 7) is 4.00. The second-order valence-electron chi connectivity index (χ2n) is 5.81. The standard InChI is InChI=1S/C17H18N2O4/c1-8-5-12-13(6-9(8)2)19-15-11(17(21)23-4)7-10(14(15)18-12)16(20)22-3/h5-6,10-11H,7H2,1-4H3/t10-,11-/m0/s1. The van der Waals surface area contributed by atoms with Crippen LogP contribution >= 0.6 is 0 Å². The molecule has 1 aromatic carbocycles. The molecule has 0 saturated heterocycles. The maximum atomic E-state index is 12.0. The Bertz CT molecular complexity index is 749. The molecular formula is C17H18N2O4. The Kier molecular flexibility index (Phi) is 3.75. The average Bonchev–Trinajstić information content (AvgIpc) is 2.91. The van der Waals surface area contributed by atoms with Crippen LogP contribution in [0.1, 0.15) is 40.8 Å². The number of hydrogen-bond donors (Lipinski definition) is 0. The zero-order chi connectivity index (χ0) is 16.7. The summed E-state index contributed by atoms with van der Waals surface area (Å²) < 4.78 is 9.70. The molecule has 0 bridgehead atoms. The average molecular weight is 314 g/mol. The van der Waals surface area contributed by atoms with Gasteiger partial charge in [-0.05, 0) is 43.5 Å². The summed E-state index contributed by atoms with van der Waals surface area (Å²) in [6, 6.07) is 3.88. The summed E-state index contributed by atoms with van der Waals surface area (Å²) in [4.78, 5) is 33.3. The van der Waals surface area contributed by atoms with Crippen LogP contribution in [0.25, 0.3) is 11.0 Å². The largest absolute Gasteiger partial charge is 0.469 e. The van der Waals surface area contributed by atoms with Gasteiger partial charge >= 0.3 is 11.9 Å². The van der Waals surface area contributed by atoms with Gasteiger partial charge in [-0.15, -0.1) is 0 Å². The fraction of sp³-hybridized carbons (Fsp3) is 0.412. The lowest BCUT2D eigenvalue weighted by Gasteiger charge is -2.10. The van der Waals surface area contributed by atoms with Crippen molar-refractivity contribution < 1.29 is 19.1 Å². The van der Waals surface area contributed by atoms with Gasteiger partial charge in [-0.1, -0.05) is 0 Å². The number of ether oxygens (including phenoxy) is 2. The van der Waals surface area contributed by atoms with E-state index in [1.54, 1.807) is 0 Å². The van der Waals surface area contributed by atoms with Crippen LogP contribution < -0.4 is 0 Å². The topological polar surface area (TPSA) is 78.4 Å². The van der Waals surface area contributed by atoms with E-state index in [9.17, 15) is 9.59 Å². The summed E-state index contributed by atoms with van der Waals surface area (Å²) in [5.41, 5.74) is 4.66. The lowest BCUT2D eigenvalue weighted by Crippen LogP contribution is -2.15. The van der Waals surface area contributed by atoms with Crippen molar-refractivity contribution in [3.63, 3.8) is 0 Å². The van der Waals surface area contributed by atoms with Crippen LogP contribution in [0.3, 0.4) is 0 Å². The predicted molar refractivity (Wildman–Crippen MR) is 83.1 cm³/mol. The van der Waals surface area contributed by atoms with Crippen LogP contribution in [-0.2, 0) is 19.1 Å². The first-order valence-electron chi connectivity index (χ1n) is 7.40. The number of nitrogens with zero attached hydrogens (tertiary/aromatic N) is 2. The first-order chi connectivity index (χ1) is 11.0. The number of aromatic nitrogens is 2. The Hall–Kier alpha value is -2.50. The molecule has 0 amide bonds. The van der Waals surface area contributed by atoms with Crippen molar-refractivity contribution in [3.05, 3.63) is 34.6 Å². The Labute approximate surface area is 133 Å². The maximum absolute atomic E-state index is 12.0.